The Hall–Kier alpha value is -3.32. The number of methoxy groups -OCH3 is 1. The van der Waals surface area contributed by atoms with Crippen LogP contribution in [-0.2, 0) is 11.3 Å². The van der Waals surface area contributed by atoms with Crippen LogP contribution in [0, 0.1) is 0 Å². The van der Waals surface area contributed by atoms with E-state index in [0.717, 1.165) is 16.2 Å². The van der Waals surface area contributed by atoms with Crippen LogP contribution in [-0.4, -0.2) is 30.5 Å². The molecule has 1 N–H and O–H groups in total. The van der Waals surface area contributed by atoms with Crippen LogP contribution >= 0.6 is 11.8 Å². The van der Waals surface area contributed by atoms with Gasteiger partial charge in [-0.15, -0.1) is 0 Å². The minimum Gasteiger partial charge on any atom is -0.497 e. The number of ether oxygens (including phenoxy) is 1. The van der Waals surface area contributed by atoms with Crippen molar-refractivity contribution in [3.05, 3.63) is 78.0 Å². The van der Waals surface area contributed by atoms with E-state index in [9.17, 15) is 9.59 Å². The molecule has 0 aliphatic carbocycles. The zero-order chi connectivity index (χ0) is 20.2. The van der Waals surface area contributed by atoms with Gasteiger partial charge in [0.25, 0.3) is 5.91 Å². The highest BCUT2D eigenvalue weighted by atomic mass is 32.2. The molecular formula is C22H19N3O3S. The first-order valence-corrected chi connectivity index (χ1v) is 9.91. The van der Waals surface area contributed by atoms with E-state index in [1.807, 2.05) is 48.5 Å². The summed E-state index contributed by atoms with van der Waals surface area (Å²) in [4.78, 5) is 32.5. The Morgan fingerprint density at radius 1 is 1.10 bits per heavy atom. The third-order valence-corrected chi connectivity index (χ3v) is 5.64. The van der Waals surface area contributed by atoms with Gasteiger partial charge in [-0.2, -0.15) is 0 Å². The molecule has 6 nitrogen and oxygen atoms in total. The standard InChI is InChI=1S/C22H19N3O3S/c1-28-16-10-8-15(9-11-16)13-24-20(26)14-25-18-6-2-3-7-19(18)29-21-17(22(25)27)5-4-12-23-21/h2-12H,13-14H2,1H3,(H,24,26). The largest absolute Gasteiger partial charge is 0.497 e. The molecule has 0 radical (unpaired) electrons. The van der Waals surface area contributed by atoms with E-state index in [-0.39, 0.29) is 18.4 Å². The van der Waals surface area contributed by atoms with Gasteiger partial charge >= 0.3 is 0 Å². The number of pyridine rings is 1. The van der Waals surface area contributed by atoms with Crippen molar-refractivity contribution in [1.82, 2.24) is 10.3 Å². The number of hydrogen-bond donors (Lipinski definition) is 1. The van der Waals surface area contributed by atoms with E-state index < -0.39 is 0 Å². The van der Waals surface area contributed by atoms with Crippen LogP contribution in [0.15, 0.2) is 76.8 Å². The number of aromatic nitrogens is 1. The molecule has 0 unspecified atom stereocenters. The van der Waals surface area contributed by atoms with Crippen LogP contribution in [0.1, 0.15) is 15.9 Å². The molecule has 0 bridgehead atoms. The Morgan fingerprint density at radius 2 is 1.90 bits per heavy atom. The van der Waals surface area contributed by atoms with Crippen molar-refractivity contribution in [3.8, 4) is 5.75 Å². The zero-order valence-electron chi connectivity index (χ0n) is 15.8. The summed E-state index contributed by atoms with van der Waals surface area (Å²) in [5, 5.41) is 3.53. The quantitative estimate of drug-likeness (QED) is 0.703. The Labute approximate surface area is 172 Å². The van der Waals surface area contributed by atoms with Crippen LogP contribution < -0.4 is 15.0 Å². The van der Waals surface area contributed by atoms with E-state index in [0.29, 0.717) is 22.8 Å². The lowest BCUT2D eigenvalue weighted by Crippen LogP contribution is -2.40. The summed E-state index contributed by atoms with van der Waals surface area (Å²) >= 11 is 1.43. The maximum atomic E-state index is 13.2. The summed E-state index contributed by atoms with van der Waals surface area (Å²) in [6, 6.07) is 18.5. The monoisotopic (exact) mass is 405 g/mol. The SMILES string of the molecule is COc1ccc(CNC(=O)CN2C(=O)c3cccnc3Sc3ccccc32)cc1. The number of hydrogen-bond acceptors (Lipinski definition) is 5. The van der Waals surface area contributed by atoms with Gasteiger partial charge in [-0.05, 0) is 42.0 Å². The lowest BCUT2D eigenvalue weighted by molar-refractivity contribution is -0.119. The number of anilines is 1. The molecule has 146 valence electrons. The summed E-state index contributed by atoms with van der Waals surface area (Å²) in [5.74, 6) is 0.295. The fraction of sp³-hybridized carbons (Fsp3) is 0.136. The zero-order valence-corrected chi connectivity index (χ0v) is 16.6. The normalized spacial score (nSPS) is 12.6. The van der Waals surface area contributed by atoms with Crippen LogP contribution in [0.2, 0.25) is 0 Å². The molecule has 29 heavy (non-hydrogen) atoms. The molecule has 0 saturated carbocycles. The second-order valence-electron chi connectivity index (χ2n) is 6.44. The summed E-state index contributed by atoms with van der Waals surface area (Å²) < 4.78 is 5.14. The second kappa shape index (κ2) is 8.36. The van der Waals surface area contributed by atoms with E-state index >= 15 is 0 Å². The number of benzene rings is 2. The van der Waals surface area contributed by atoms with E-state index in [2.05, 4.69) is 10.3 Å². The van der Waals surface area contributed by atoms with Crippen LogP contribution in [0.25, 0.3) is 0 Å². The highest BCUT2D eigenvalue weighted by molar-refractivity contribution is 7.99. The van der Waals surface area contributed by atoms with Crippen molar-refractivity contribution in [1.29, 1.82) is 0 Å². The Balaban J connectivity index is 1.53. The molecule has 2 heterocycles. The van der Waals surface area contributed by atoms with Gasteiger partial charge in [0.2, 0.25) is 5.91 Å². The number of rotatable bonds is 5. The molecule has 3 aromatic rings. The molecule has 0 fully saturated rings. The van der Waals surface area contributed by atoms with E-state index in [1.165, 1.54) is 16.7 Å². The lowest BCUT2D eigenvalue weighted by atomic mass is 10.2. The number of para-hydroxylation sites is 1. The number of carbonyl (C=O) groups is 2. The van der Waals surface area contributed by atoms with Crippen molar-refractivity contribution >= 4 is 29.3 Å². The first kappa shape index (κ1) is 19.0. The average Bonchev–Trinajstić information content (AvgIpc) is 2.87. The number of nitrogens with one attached hydrogen (secondary N) is 1. The maximum absolute atomic E-state index is 13.2. The fourth-order valence-electron chi connectivity index (χ4n) is 3.06. The Kier molecular flexibility index (Phi) is 5.48. The average molecular weight is 405 g/mol. The van der Waals surface area contributed by atoms with Crippen molar-refractivity contribution < 1.29 is 14.3 Å². The molecule has 0 atom stereocenters. The molecule has 1 aliphatic heterocycles. The lowest BCUT2D eigenvalue weighted by Gasteiger charge is -2.22. The summed E-state index contributed by atoms with van der Waals surface area (Å²) in [6.07, 6.45) is 1.67. The smallest absolute Gasteiger partial charge is 0.261 e. The first-order chi connectivity index (χ1) is 14.2. The van der Waals surface area contributed by atoms with E-state index in [1.54, 1.807) is 25.4 Å². The highest BCUT2D eigenvalue weighted by Gasteiger charge is 2.29. The summed E-state index contributed by atoms with van der Waals surface area (Å²) in [5.41, 5.74) is 2.16. The minimum atomic E-state index is -0.235. The van der Waals surface area contributed by atoms with Gasteiger partial charge < -0.3 is 10.1 Å². The van der Waals surface area contributed by atoms with Crippen LogP contribution in [0.5, 0.6) is 5.75 Å². The van der Waals surface area contributed by atoms with Crippen molar-refractivity contribution in [3.63, 3.8) is 0 Å². The number of nitrogens with zero attached hydrogens (tertiary/aromatic N) is 2. The minimum absolute atomic E-state index is 0.0686. The highest BCUT2D eigenvalue weighted by Crippen LogP contribution is 2.39. The topological polar surface area (TPSA) is 71.5 Å². The number of carbonyl (C=O) groups excluding carboxylic acids is 2. The van der Waals surface area contributed by atoms with Crippen LogP contribution in [0.3, 0.4) is 0 Å². The molecule has 2 amide bonds. The van der Waals surface area contributed by atoms with Crippen molar-refractivity contribution in [2.45, 2.75) is 16.5 Å². The number of amides is 2. The Bertz CT molecular complexity index is 1050. The third kappa shape index (κ3) is 4.09. The predicted molar refractivity (Wildman–Crippen MR) is 111 cm³/mol. The van der Waals surface area contributed by atoms with Gasteiger partial charge in [-0.25, -0.2) is 4.98 Å². The van der Waals surface area contributed by atoms with Gasteiger partial charge in [0.15, 0.2) is 0 Å². The molecule has 0 saturated heterocycles. The predicted octanol–water partition coefficient (Wildman–Crippen LogP) is 3.52. The molecule has 2 aromatic carbocycles. The molecule has 4 rings (SSSR count). The van der Waals surface area contributed by atoms with Gasteiger partial charge in [0.05, 0.1) is 18.4 Å². The van der Waals surface area contributed by atoms with Gasteiger partial charge in [0.1, 0.15) is 17.3 Å². The van der Waals surface area contributed by atoms with Crippen LogP contribution in [0.4, 0.5) is 5.69 Å². The third-order valence-electron chi connectivity index (χ3n) is 4.56. The Morgan fingerprint density at radius 3 is 2.69 bits per heavy atom. The van der Waals surface area contributed by atoms with Gasteiger partial charge in [0, 0.05) is 17.6 Å². The molecular weight excluding hydrogens is 386 g/mol. The molecule has 1 aromatic heterocycles. The maximum Gasteiger partial charge on any atom is 0.261 e. The first-order valence-electron chi connectivity index (χ1n) is 9.09. The molecule has 0 spiro atoms. The van der Waals surface area contributed by atoms with E-state index in [4.69, 9.17) is 4.74 Å². The van der Waals surface area contributed by atoms with Gasteiger partial charge in [-0.3, -0.25) is 14.5 Å². The van der Waals surface area contributed by atoms with Gasteiger partial charge in [-0.1, -0.05) is 36.0 Å². The summed E-state index contributed by atoms with van der Waals surface area (Å²) in [6.45, 7) is 0.306. The molecule has 1 aliphatic rings. The van der Waals surface area contributed by atoms with Crippen molar-refractivity contribution in [2.24, 2.45) is 0 Å². The summed E-state index contributed by atoms with van der Waals surface area (Å²) in [7, 11) is 1.61. The molecule has 7 heteroatoms. The van der Waals surface area contributed by atoms with Crippen molar-refractivity contribution in [2.75, 3.05) is 18.6 Å². The number of fused-ring (bicyclic) bond motifs is 2. The second-order valence-corrected chi connectivity index (χ2v) is 7.47. The fourth-order valence-corrected chi connectivity index (χ4v) is 4.08.